The van der Waals surface area contributed by atoms with Gasteiger partial charge in [0.05, 0.1) is 0 Å². The van der Waals surface area contributed by atoms with Crippen LogP contribution in [-0.2, 0) is 6.42 Å². The van der Waals surface area contributed by atoms with Crippen molar-refractivity contribution in [1.82, 2.24) is 19.8 Å². The molecule has 0 aliphatic heterocycles. The van der Waals surface area contributed by atoms with Crippen LogP contribution in [0.4, 0.5) is 0 Å². The van der Waals surface area contributed by atoms with Gasteiger partial charge in [0.2, 0.25) is 4.96 Å². The lowest BCUT2D eigenvalue weighted by molar-refractivity contribution is 0.840. The van der Waals surface area contributed by atoms with Crippen molar-refractivity contribution in [2.45, 2.75) is 13.3 Å². The van der Waals surface area contributed by atoms with E-state index in [0.29, 0.717) is 16.5 Å². The molecule has 0 spiro atoms. The molecule has 3 aromatic rings. The Labute approximate surface area is 117 Å². The molecule has 0 amide bonds. The van der Waals surface area contributed by atoms with Crippen molar-refractivity contribution in [3.05, 3.63) is 44.6 Å². The molecule has 2 heterocycles. The molecular formula is C11H8Cl2N4S. The van der Waals surface area contributed by atoms with Crippen LogP contribution in [0.25, 0.3) is 4.96 Å². The Balaban J connectivity index is 2.06. The minimum atomic E-state index is 0.517. The first-order valence-electron chi connectivity index (χ1n) is 5.26. The lowest BCUT2D eigenvalue weighted by atomic mass is 10.1. The van der Waals surface area contributed by atoms with E-state index in [0.717, 1.165) is 21.4 Å². The second-order valence-electron chi connectivity index (χ2n) is 3.81. The zero-order chi connectivity index (χ0) is 12.7. The summed E-state index contributed by atoms with van der Waals surface area (Å²) < 4.78 is 1.74. The van der Waals surface area contributed by atoms with Crippen molar-refractivity contribution in [3.8, 4) is 0 Å². The van der Waals surface area contributed by atoms with E-state index in [9.17, 15) is 0 Å². The summed E-state index contributed by atoms with van der Waals surface area (Å²) in [5, 5.41) is 14.8. The van der Waals surface area contributed by atoms with Gasteiger partial charge in [-0.25, -0.2) is 0 Å². The van der Waals surface area contributed by atoms with Gasteiger partial charge in [-0.1, -0.05) is 40.6 Å². The van der Waals surface area contributed by atoms with E-state index in [2.05, 4.69) is 15.3 Å². The van der Waals surface area contributed by atoms with Crippen molar-refractivity contribution in [3.63, 3.8) is 0 Å². The third-order valence-corrected chi connectivity index (χ3v) is 4.08. The molecule has 0 bridgehead atoms. The summed E-state index contributed by atoms with van der Waals surface area (Å²) in [5.74, 6) is 0.740. The standard InChI is InChI=1S/C11H8Cl2N4S/c1-6-16-17-10(14-15-11(17)18-6)5-7-8(12)3-2-4-9(7)13/h2-4H,5H2,1H3. The quantitative estimate of drug-likeness (QED) is 0.728. The van der Waals surface area contributed by atoms with Gasteiger partial charge in [-0.05, 0) is 24.6 Å². The highest BCUT2D eigenvalue weighted by atomic mass is 35.5. The summed E-state index contributed by atoms with van der Waals surface area (Å²) in [4.78, 5) is 0.783. The third-order valence-electron chi connectivity index (χ3n) is 2.55. The third kappa shape index (κ3) is 1.98. The summed E-state index contributed by atoms with van der Waals surface area (Å²) in [6.45, 7) is 1.94. The van der Waals surface area contributed by atoms with Gasteiger partial charge in [-0.3, -0.25) is 0 Å². The molecule has 1 aromatic carbocycles. The first-order chi connectivity index (χ1) is 8.65. The molecule has 92 valence electrons. The summed E-state index contributed by atoms with van der Waals surface area (Å²) in [6.07, 6.45) is 0.517. The maximum atomic E-state index is 6.14. The molecular weight excluding hydrogens is 291 g/mol. The van der Waals surface area contributed by atoms with E-state index >= 15 is 0 Å². The zero-order valence-electron chi connectivity index (χ0n) is 9.39. The maximum Gasteiger partial charge on any atom is 0.234 e. The van der Waals surface area contributed by atoms with E-state index < -0.39 is 0 Å². The van der Waals surface area contributed by atoms with Crippen LogP contribution in [0.3, 0.4) is 0 Å². The molecule has 0 atom stereocenters. The molecule has 0 aliphatic carbocycles. The molecule has 2 aromatic heterocycles. The number of fused-ring (bicyclic) bond motifs is 1. The number of hydrogen-bond donors (Lipinski definition) is 0. The Morgan fingerprint density at radius 2 is 1.94 bits per heavy atom. The van der Waals surface area contributed by atoms with Gasteiger partial charge in [-0.15, -0.1) is 10.2 Å². The van der Waals surface area contributed by atoms with Crippen molar-refractivity contribution in [2.75, 3.05) is 0 Å². The molecule has 0 saturated carbocycles. The van der Waals surface area contributed by atoms with Gasteiger partial charge in [0.15, 0.2) is 5.82 Å². The molecule has 0 fully saturated rings. The fourth-order valence-corrected chi connectivity index (χ4v) is 2.95. The Morgan fingerprint density at radius 1 is 1.22 bits per heavy atom. The molecule has 7 heteroatoms. The van der Waals surface area contributed by atoms with Crippen LogP contribution in [-0.4, -0.2) is 19.8 Å². The fourth-order valence-electron chi connectivity index (χ4n) is 1.72. The van der Waals surface area contributed by atoms with Gasteiger partial charge in [-0.2, -0.15) is 9.61 Å². The van der Waals surface area contributed by atoms with E-state index in [1.165, 1.54) is 11.3 Å². The van der Waals surface area contributed by atoms with Crippen LogP contribution in [0.15, 0.2) is 18.2 Å². The highest BCUT2D eigenvalue weighted by Gasteiger charge is 2.13. The van der Waals surface area contributed by atoms with Gasteiger partial charge >= 0.3 is 0 Å². The monoisotopic (exact) mass is 298 g/mol. The number of hydrogen-bond acceptors (Lipinski definition) is 4. The lowest BCUT2D eigenvalue weighted by Crippen LogP contribution is -1.99. The van der Waals surface area contributed by atoms with Crippen molar-refractivity contribution in [1.29, 1.82) is 0 Å². The van der Waals surface area contributed by atoms with Crippen LogP contribution >= 0.6 is 34.5 Å². The molecule has 4 nitrogen and oxygen atoms in total. The molecule has 0 unspecified atom stereocenters. The van der Waals surface area contributed by atoms with E-state index in [-0.39, 0.29) is 0 Å². The summed E-state index contributed by atoms with van der Waals surface area (Å²) in [6, 6.07) is 5.45. The Kier molecular flexibility index (Phi) is 2.97. The molecule has 0 aliphatic rings. The second-order valence-corrected chi connectivity index (χ2v) is 5.78. The number of benzene rings is 1. The first kappa shape index (κ1) is 11.9. The van der Waals surface area contributed by atoms with Crippen molar-refractivity contribution >= 4 is 39.5 Å². The highest BCUT2D eigenvalue weighted by molar-refractivity contribution is 7.16. The van der Waals surface area contributed by atoms with Gasteiger partial charge in [0, 0.05) is 16.5 Å². The lowest BCUT2D eigenvalue weighted by Gasteiger charge is -2.04. The normalized spacial score (nSPS) is 11.3. The van der Waals surface area contributed by atoms with E-state index in [1.54, 1.807) is 4.52 Å². The van der Waals surface area contributed by atoms with Crippen LogP contribution < -0.4 is 0 Å². The smallest absolute Gasteiger partial charge is 0.187 e. The summed E-state index contributed by atoms with van der Waals surface area (Å²) in [5.41, 5.74) is 0.848. The number of rotatable bonds is 2. The number of aryl methyl sites for hydroxylation is 1. The minimum Gasteiger partial charge on any atom is -0.187 e. The Hall–Kier alpha value is -1.17. The van der Waals surface area contributed by atoms with Crippen molar-refractivity contribution < 1.29 is 0 Å². The predicted molar refractivity (Wildman–Crippen MR) is 72.7 cm³/mol. The summed E-state index contributed by atoms with van der Waals surface area (Å²) >= 11 is 13.8. The number of aromatic nitrogens is 4. The molecule has 3 rings (SSSR count). The number of halogens is 2. The van der Waals surface area contributed by atoms with Gasteiger partial charge in [0.1, 0.15) is 5.01 Å². The molecule has 18 heavy (non-hydrogen) atoms. The van der Waals surface area contributed by atoms with Crippen molar-refractivity contribution in [2.24, 2.45) is 0 Å². The van der Waals surface area contributed by atoms with E-state index in [4.69, 9.17) is 23.2 Å². The van der Waals surface area contributed by atoms with Gasteiger partial charge < -0.3 is 0 Å². The average molecular weight is 299 g/mol. The van der Waals surface area contributed by atoms with E-state index in [1.807, 2.05) is 25.1 Å². The largest absolute Gasteiger partial charge is 0.234 e. The average Bonchev–Trinajstić information content (AvgIpc) is 2.84. The Morgan fingerprint density at radius 3 is 2.67 bits per heavy atom. The second kappa shape index (κ2) is 4.50. The first-order valence-corrected chi connectivity index (χ1v) is 6.83. The maximum absolute atomic E-state index is 6.14. The van der Waals surface area contributed by atoms with Crippen LogP contribution in [0.2, 0.25) is 10.0 Å². The highest BCUT2D eigenvalue weighted by Crippen LogP contribution is 2.26. The molecule has 0 saturated heterocycles. The SMILES string of the molecule is Cc1nn2c(Cc3c(Cl)cccc3Cl)nnc2s1. The summed E-state index contributed by atoms with van der Waals surface area (Å²) in [7, 11) is 0. The molecule has 0 radical (unpaired) electrons. The van der Waals surface area contributed by atoms with Crippen LogP contribution in [0.5, 0.6) is 0 Å². The van der Waals surface area contributed by atoms with Gasteiger partial charge in [0.25, 0.3) is 0 Å². The van der Waals surface area contributed by atoms with Crippen LogP contribution in [0, 0.1) is 6.92 Å². The Bertz CT molecular complexity index is 699. The fraction of sp³-hybridized carbons (Fsp3) is 0.182. The molecule has 0 N–H and O–H groups in total. The minimum absolute atomic E-state index is 0.517. The zero-order valence-corrected chi connectivity index (χ0v) is 11.7. The topological polar surface area (TPSA) is 43.1 Å². The predicted octanol–water partition coefficient (Wildman–Crippen LogP) is 3.39. The van der Waals surface area contributed by atoms with Crippen LogP contribution in [0.1, 0.15) is 16.4 Å². The number of nitrogens with zero attached hydrogens (tertiary/aromatic N) is 4.